The first-order chi connectivity index (χ1) is 31.7. The summed E-state index contributed by atoms with van der Waals surface area (Å²) in [6.45, 7) is 11.1. The van der Waals surface area contributed by atoms with Crippen LogP contribution in [0.25, 0.3) is 33.4 Å². The van der Waals surface area contributed by atoms with Gasteiger partial charge in [0.15, 0.2) is 0 Å². The van der Waals surface area contributed by atoms with Crippen LogP contribution >= 0.6 is 0 Å². The number of rotatable bonds is 15. The molecular weight excluding hydrogens is 957 g/mol. The number of sulfonamides is 2. The molecule has 0 fully saturated rings. The number of para-hydroxylation sites is 2. The van der Waals surface area contributed by atoms with Gasteiger partial charge in [0.2, 0.25) is 0 Å². The Kier molecular flexibility index (Phi) is 13.2. The van der Waals surface area contributed by atoms with E-state index in [4.69, 9.17) is 9.41 Å². The summed E-state index contributed by atoms with van der Waals surface area (Å²) in [4.78, 5) is 3.71. The van der Waals surface area contributed by atoms with Gasteiger partial charge in [-0.25, -0.2) is 21.8 Å². The number of alkyl halides is 6. The van der Waals surface area contributed by atoms with Gasteiger partial charge in [0.05, 0.1) is 15.9 Å². The molecule has 1 unspecified atom stereocenters. The van der Waals surface area contributed by atoms with Crippen LogP contribution in [-0.4, -0.2) is 41.7 Å². The second kappa shape index (κ2) is 18.0. The zero-order valence-electron chi connectivity index (χ0n) is 37.0. The van der Waals surface area contributed by atoms with Gasteiger partial charge in [-0.3, -0.25) is 0 Å². The first kappa shape index (κ1) is 49.7. The maximum absolute atomic E-state index is 15.6. The van der Waals surface area contributed by atoms with Crippen LogP contribution in [0.3, 0.4) is 0 Å². The fraction of sp³-hybridized carbons (Fsp3) is 0.229. The van der Waals surface area contributed by atoms with Gasteiger partial charge >= 0.3 is 26.5 Å². The molecule has 0 bridgehead atoms. The van der Waals surface area contributed by atoms with Crippen molar-refractivity contribution >= 4 is 58.2 Å². The monoisotopic (exact) mass is 999 g/mol. The Morgan fingerprint density at radius 2 is 1.28 bits per heavy atom. The van der Waals surface area contributed by atoms with Gasteiger partial charge in [-0.15, -0.1) is 0 Å². The number of aryl methyl sites for hydroxylation is 4. The van der Waals surface area contributed by atoms with E-state index < -0.39 is 57.2 Å². The second-order valence-corrected chi connectivity index (χ2v) is 21.4. The molecule has 0 amide bonds. The smallest absolute Gasteiger partial charge is 0.450 e. The zero-order chi connectivity index (χ0) is 49.8. The Labute approximate surface area is 389 Å². The van der Waals surface area contributed by atoms with Crippen molar-refractivity contribution in [2.24, 2.45) is 4.99 Å². The molecule has 68 heavy (non-hydrogen) atoms. The summed E-state index contributed by atoms with van der Waals surface area (Å²) in [5, 5.41) is -10.1. The Balaban J connectivity index is 1.32. The van der Waals surface area contributed by atoms with E-state index in [2.05, 4.69) is 9.50 Å². The first-order valence-electron chi connectivity index (χ1n) is 20.7. The van der Waals surface area contributed by atoms with Crippen molar-refractivity contribution in [1.29, 1.82) is 0 Å². The molecule has 0 spiro atoms. The van der Waals surface area contributed by atoms with Crippen molar-refractivity contribution in [2.45, 2.75) is 75.2 Å². The van der Waals surface area contributed by atoms with Gasteiger partial charge in [-0.1, -0.05) is 84.7 Å². The summed E-state index contributed by atoms with van der Waals surface area (Å²) in [5.74, 6) is -8.32. The molecule has 358 valence electrons. The highest BCUT2D eigenvalue weighted by atomic mass is 32.3. The van der Waals surface area contributed by atoms with E-state index in [1.165, 1.54) is 30.3 Å². The lowest BCUT2D eigenvalue weighted by Crippen LogP contribution is -2.63. The van der Waals surface area contributed by atoms with Gasteiger partial charge in [0.25, 0.3) is 20.0 Å². The Hall–Kier alpha value is -6.22. The minimum Gasteiger partial charge on any atom is -0.456 e. The Morgan fingerprint density at radius 1 is 0.676 bits per heavy atom. The molecule has 5 aromatic carbocycles. The van der Waals surface area contributed by atoms with Gasteiger partial charge in [-0.05, 0) is 110 Å². The van der Waals surface area contributed by atoms with E-state index >= 15 is 26.3 Å². The molecule has 2 N–H and O–H groups in total. The van der Waals surface area contributed by atoms with Crippen molar-refractivity contribution in [2.75, 3.05) is 5.32 Å². The van der Waals surface area contributed by atoms with Gasteiger partial charge in [-0.2, -0.15) is 34.8 Å². The van der Waals surface area contributed by atoms with Crippen molar-refractivity contribution in [3.05, 3.63) is 155 Å². The lowest BCUT2D eigenvalue weighted by Gasteiger charge is -2.31. The molecule has 0 radical (unpaired) electrons. The minimum atomic E-state index is -7.49. The van der Waals surface area contributed by atoms with Crippen LogP contribution in [0.5, 0.6) is 5.75 Å². The molecule has 0 saturated carbocycles. The molecule has 11 nitrogen and oxygen atoms in total. The highest BCUT2D eigenvalue weighted by Crippen LogP contribution is 2.52. The minimum absolute atomic E-state index is 0.0286. The number of hydrogen-bond donors (Lipinski definition) is 2. The first-order valence-corrected chi connectivity index (χ1v) is 25.1. The van der Waals surface area contributed by atoms with Gasteiger partial charge in [0, 0.05) is 45.6 Å². The van der Waals surface area contributed by atoms with E-state index in [0.717, 1.165) is 52.2 Å². The van der Waals surface area contributed by atoms with Crippen LogP contribution in [0.1, 0.15) is 54.0 Å². The van der Waals surface area contributed by atoms with Gasteiger partial charge < -0.3 is 13.9 Å². The molecule has 7 rings (SSSR count). The van der Waals surface area contributed by atoms with Crippen LogP contribution in [0.2, 0.25) is 0 Å². The third-order valence-electron chi connectivity index (χ3n) is 11.5. The van der Waals surface area contributed by atoms with Crippen molar-refractivity contribution in [3.63, 3.8) is 0 Å². The summed E-state index contributed by atoms with van der Waals surface area (Å²) >= 11 is 0. The van der Waals surface area contributed by atoms with Crippen LogP contribution in [-0.2, 0) is 30.2 Å². The van der Waals surface area contributed by atoms with Crippen molar-refractivity contribution < 1.29 is 60.2 Å². The number of benzene rings is 6. The van der Waals surface area contributed by atoms with Crippen LogP contribution in [0, 0.1) is 27.7 Å². The largest absolute Gasteiger partial charge is 0.456 e. The van der Waals surface area contributed by atoms with Gasteiger partial charge in [0.1, 0.15) is 17.1 Å². The lowest BCUT2D eigenvalue weighted by atomic mass is 9.93. The van der Waals surface area contributed by atoms with Crippen molar-refractivity contribution in [1.82, 2.24) is 4.13 Å². The van der Waals surface area contributed by atoms with Crippen LogP contribution in [0.15, 0.2) is 136 Å². The molecule has 1 aliphatic heterocycles. The summed E-state index contributed by atoms with van der Waals surface area (Å²) in [5.41, 5.74) is 6.03. The third kappa shape index (κ3) is 8.97. The highest BCUT2D eigenvalue weighted by molar-refractivity contribution is 8.05. The number of fused-ring (bicyclic) bond motifs is 2. The number of halogens is 6. The average molecular weight is 1000 g/mol. The van der Waals surface area contributed by atoms with E-state index in [1.807, 2.05) is 64.1 Å². The zero-order valence-corrected chi connectivity index (χ0v) is 39.5. The number of hydrogen-bond acceptors (Lipinski definition) is 10. The molecule has 2 aliphatic rings. The predicted molar refractivity (Wildman–Crippen MR) is 247 cm³/mol. The van der Waals surface area contributed by atoms with E-state index in [-0.39, 0.29) is 39.3 Å². The highest BCUT2D eigenvalue weighted by Gasteiger charge is 2.83. The second-order valence-electron chi connectivity index (χ2n) is 16.2. The van der Waals surface area contributed by atoms with Crippen LogP contribution in [0.4, 0.5) is 43.4 Å². The fourth-order valence-corrected chi connectivity index (χ4v) is 11.6. The number of nitrogens with zero attached hydrogens (tertiary/aromatic N) is 1. The molecular formula is C48H43F6N3O8S3. The average Bonchev–Trinajstić information content (AvgIpc) is 3.27. The predicted octanol–water partition coefficient (Wildman–Crippen LogP) is 11.8. The Morgan fingerprint density at radius 3 is 1.90 bits per heavy atom. The Bertz CT molecular complexity index is 3430. The molecule has 1 aliphatic carbocycles. The van der Waals surface area contributed by atoms with E-state index in [9.17, 15) is 25.3 Å². The maximum atomic E-state index is 15.6. The summed E-state index contributed by atoms with van der Waals surface area (Å²) < 4.78 is 183. The van der Waals surface area contributed by atoms with Crippen molar-refractivity contribution in [3.8, 4) is 28.2 Å². The molecule has 0 saturated heterocycles. The maximum Gasteiger partial charge on any atom is 0.450 e. The molecule has 5 aromatic rings. The standard InChI is InChI=1S/C48H43F6N3O8S3/c1-7-28(2)33-18-22-36(23-19-33)65-68(62,63)48(53,54)46(49,50)47(51,52)67(60,61)57-66(58,59)42-17-9-8-16-39(42)43-37-24-20-34(55-44-29(3)12-10-13-30(44)4)26-40(37)64-41-27-35(21-25-38(41)43)56-45-31(5)14-11-15-32(45)6/h8-28,55,57H,7H2,1-6H3. The fourth-order valence-electron chi connectivity index (χ4n) is 7.49. The third-order valence-corrected chi connectivity index (χ3v) is 16.4. The normalized spacial score (nSPS) is 13.8. The number of nitrogens with one attached hydrogen (secondary N) is 2. The number of anilines is 2. The van der Waals surface area contributed by atoms with Crippen LogP contribution < -0.4 is 19.0 Å². The molecule has 20 heteroatoms. The topological polar surface area (TPSA) is 161 Å². The summed E-state index contributed by atoms with van der Waals surface area (Å²) in [6.07, 6.45) is 0.596. The van der Waals surface area contributed by atoms with E-state index in [0.29, 0.717) is 32.8 Å². The van der Waals surface area contributed by atoms with E-state index in [1.54, 1.807) is 44.2 Å². The molecule has 1 heterocycles. The lowest BCUT2D eigenvalue weighted by molar-refractivity contribution is -0.245. The summed E-state index contributed by atoms with van der Waals surface area (Å²) in [6, 6.07) is 29.1. The summed E-state index contributed by atoms with van der Waals surface area (Å²) in [7, 11) is -20.6. The molecule has 1 atom stereocenters. The molecule has 0 aromatic heterocycles. The SMILES string of the molecule is CCC(C)c1ccc(OS(=O)(=O)C(F)(F)C(F)(F)C(F)(F)S(=O)(=O)NS(=O)(=O)c2ccccc2-c2c3ccc(=Nc4c(C)cccc4C)cc-3oc3cc(Nc4c(C)cccc4C)ccc23)cc1. The quantitative estimate of drug-likeness (QED) is 0.0578.